The van der Waals surface area contributed by atoms with Crippen LogP contribution in [0.5, 0.6) is 0 Å². The van der Waals surface area contributed by atoms with Crippen molar-refractivity contribution in [1.29, 1.82) is 0 Å². The monoisotopic (exact) mass is 349 g/mol. The Labute approximate surface area is 157 Å². The molecule has 130 valence electrons. The van der Waals surface area contributed by atoms with Crippen LogP contribution >= 0.6 is 0 Å². The maximum absolute atomic E-state index is 13.3. The first-order valence-corrected chi connectivity index (χ1v) is 9.15. The molecule has 0 bridgehead atoms. The lowest BCUT2D eigenvalue weighted by Gasteiger charge is -2.06. The summed E-state index contributed by atoms with van der Waals surface area (Å²) in [6, 6.07) is 26.5. The molecule has 27 heavy (non-hydrogen) atoms. The van der Waals surface area contributed by atoms with Gasteiger partial charge in [-0.2, -0.15) is 0 Å². The van der Waals surface area contributed by atoms with Crippen LogP contribution in [0.25, 0.3) is 32.6 Å². The van der Waals surface area contributed by atoms with Gasteiger partial charge in [0.1, 0.15) is 0 Å². The van der Waals surface area contributed by atoms with Gasteiger partial charge in [-0.05, 0) is 48.0 Å². The minimum Gasteiger partial charge on any atom is -0.344 e. The largest absolute Gasteiger partial charge is 0.344 e. The first-order chi connectivity index (χ1) is 13.1. The van der Waals surface area contributed by atoms with Gasteiger partial charge in [0.05, 0.1) is 0 Å². The minimum absolute atomic E-state index is 0.0679. The van der Waals surface area contributed by atoms with Crippen molar-refractivity contribution in [3.05, 3.63) is 95.6 Å². The molecule has 0 aliphatic heterocycles. The molecule has 2 heteroatoms. The van der Waals surface area contributed by atoms with Crippen LogP contribution in [0.1, 0.15) is 21.5 Å². The van der Waals surface area contributed by atoms with Gasteiger partial charge >= 0.3 is 0 Å². The van der Waals surface area contributed by atoms with E-state index in [4.69, 9.17) is 0 Å². The molecule has 1 heterocycles. The summed E-state index contributed by atoms with van der Waals surface area (Å²) in [5.41, 5.74) is 5.04. The fourth-order valence-electron chi connectivity index (χ4n) is 4.05. The third kappa shape index (κ3) is 2.37. The summed E-state index contributed by atoms with van der Waals surface area (Å²) in [6.45, 7) is 2.10. The zero-order chi connectivity index (χ0) is 18.5. The van der Waals surface area contributed by atoms with E-state index >= 15 is 0 Å². The van der Waals surface area contributed by atoms with Gasteiger partial charge in [0.15, 0.2) is 5.78 Å². The maximum atomic E-state index is 13.3. The SMILES string of the molecule is Cc1ccc2c(c1)c1cc(C(=O)c3cccc4ccccc34)ccc1n2C. The third-order valence-corrected chi connectivity index (χ3v) is 5.46. The first kappa shape index (κ1) is 15.8. The topological polar surface area (TPSA) is 22.0 Å². The molecule has 0 radical (unpaired) electrons. The minimum atomic E-state index is 0.0679. The van der Waals surface area contributed by atoms with Crippen LogP contribution in [0.4, 0.5) is 0 Å². The number of ketones is 1. The standard InChI is InChI=1S/C25H19NO/c1-16-10-12-23-21(14-16)22-15-18(11-13-24(22)26(23)2)25(27)20-9-5-7-17-6-3-4-8-19(17)20/h3-15H,1-2H3. The number of rotatable bonds is 2. The van der Waals surface area contributed by atoms with Crippen molar-refractivity contribution < 1.29 is 4.79 Å². The zero-order valence-electron chi connectivity index (χ0n) is 15.4. The Kier molecular flexibility index (Phi) is 3.41. The van der Waals surface area contributed by atoms with Crippen molar-refractivity contribution in [2.24, 2.45) is 7.05 Å². The zero-order valence-corrected chi connectivity index (χ0v) is 15.4. The normalized spacial score (nSPS) is 11.5. The van der Waals surface area contributed by atoms with Crippen LogP contribution in [0.2, 0.25) is 0 Å². The molecule has 0 aliphatic carbocycles. The average molecular weight is 349 g/mol. The Hall–Kier alpha value is -3.39. The summed E-state index contributed by atoms with van der Waals surface area (Å²) in [5.74, 6) is 0.0679. The fraction of sp³-hybridized carbons (Fsp3) is 0.0800. The van der Waals surface area contributed by atoms with Crippen LogP contribution in [0, 0.1) is 6.92 Å². The number of aromatic nitrogens is 1. The molecule has 4 aromatic carbocycles. The third-order valence-electron chi connectivity index (χ3n) is 5.46. The van der Waals surface area contributed by atoms with E-state index in [2.05, 4.69) is 42.8 Å². The number of aryl methyl sites for hydroxylation is 2. The molecule has 0 spiro atoms. The molecule has 0 amide bonds. The van der Waals surface area contributed by atoms with Gasteiger partial charge in [-0.1, -0.05) is 54.1 Å². The summed E-state index contributed by atoms with van der Waals surface area (Å²) in [6.07, 6.45) is 0. The Bertz CT molecular complexity index is 1350. The van der Waals surface area contributed by atoms with Gasteiger partial charge in [0.25, 0.3) is 0 Å². The number of carbonyl (C=O) groups is 1. The molecule has 0 atom stereocenters. The Morgan fingerprint density at radius 2 is 1.44 bits per heavy atom. The van der Waals surface area contributed by atoms with Gasteiger partial charge in [-0.3, -0.25) is 4.79 Å². The number of fused-ring (bicyclic) bond motifs is 4. The second-order valence-corrected chi connectivity index (χ2v) is 7.17. The number of carbonyl (C=O) groups excluding carboxylic acids is 1. The molecule has 0 aliphatic rings. The maximum Gasteiger partial charge on any atom is 0.193 e. The second kappa shape index (κ2) is 5.82. The fourth-order valence-corrected chi connectivity index (χ4v) is 4.05. The van der Waals surface area contributed by atoms with Crippen LogP contribution in [0.15, 0.2) is 78.9 Å². The van der Waals surface area contributed by atoms with E-state index in [1.54, 1.807) is 0 Å². The summed E-state index contributed by atoms with van der Waals surface area (Å²) in [5, 5.41) is 4.41. The molecular weight excluding hydrogens is 330 g/mol. The van der Waals surface area contributed by atoms with Crippen molar-refractivity contribution in [3.8, 4) is 0 Å². The predicted molar refractivity (Wildman–Crippen MR) is 113 cm³/mol. The summed E-state index contributed by atoms with van der Waals surface area (Å²) in [7, 11) is 2.08. The molecule has 2 nitrogen and oxygen atoms in total. The van der Waals surface area contributed by atoms with Crippen LogP contribution < -0.4 is 0 Å². The lowest BCUT2D eigenvalue weighted by molar-refractivity contribution is 0.104. The molecule has 0 unspecified atom stereocenters. The van der Waals surface area contributed by atoms with E-state index in [1.165, 1.54) is 16.5 Å². The lowest BCUT2D eigenvalue weighted by Crippen LogP contribution is -2.02. The van der Waals surface area contributed by atoms with Crippen LogP contribution in [-0.2, 0) is 7.05 Å². The van der Waals surface area contributed by atoms with E-state index in [0.29, 0.717) is 0 Å². The van der Waals surface area contributed by atoms with E-state index < -0.39 is 0 Å². The predicted octanol–water partition coefficient (Wildman–Crippen LogP) is 6.02. The van der Waals surface area contributed by atoms with Crippen molar-refractivity contribution in [1.82, 2.24) is 4.57 Å². The van der Waals surface area contributed by atoms with Gasteiger partial charge in [0, 0.05) is 40.0 Å². The lowest BCUT2D eigenvalue weighted by atomic mass is 9.96. The highest BCUT2D eigenvalue weighted by Crippen LogP contribution is 2.31. The highest BCUT2D eigenvalue weighted by atomic mass is 16.1. The molecule has 1 aromatic heterocycles. The number of nitrogens with zero attached hydrogens (tertiary/aromatic N) is 1. The van der Waals surface area contributed by atoms with E-state index in [1.807, 2.05) is 54.6 Å². The second-order valence-electron chi connectivity index (χ2n) is 7.17. The van der Waals surface area contributed by atoms with Crippen molar-refractivity contribution in [3.63, 3.8) is 0 Å². The molecule has 5 aromatic rings. The van der Waals surface area contributed by atoms with Gasteiger partial charge in [-0.15, -0.1) is 0 Å². The number of benzene rings is 4. The van der Waals surface area contributed by atoms with E-state index in [0.717, 1.165) is 32.8 Å². The van der Waals surface area contributed by atoms with Crippen molar-refractivity contribution in [2.75, 3.05) is 0 Å². The molecule has 0 N–H and O–H groups in total. The quantitative estimate of drug-likeness (QED) is 0.357. The Morgan fingerprint density at radius 1 is 0.741 bits per heavy atom. The van der Waals surface area contributed by atoms with Crippen LogP contribution in [0.3, 0.4) is 0 Å². The van der Waals surface area contributed by atoms with Crippen LogP contribution in [-0.4, -0.2) is 10.4 Å². The molecule has 5 rings (SSSR count). The summed E-state index contributed by atoms with van der Waals surface area (Å²) in [4.78, 5) is 13.3. The van der Waals surface area contributed by atoms with Gasteiger partial charge in [0.2, 0.25) is 0 Å². The summed E-state index contributed by atoms with van der Waals surface area (Å²) >= 11 is 0. The van der Waals surface area contributed by atoms with E-state index in [9.17, 15) is 4.79 Å². The highest BCUT2D eigenvalue weighted by Gasteiger charge is 2.15. The molecule has 0 saturated carbocycles. The smallest absolute Gasteiger partial charge is 0.193 e. The molecular formula is C25H19NO. The Morgan fingerprint density at radius 3 is 2.30 bits per heavy atom. The number of hydrogen-bond acceptors (Lipinski definition) is 1. The first-order valence-electron chi connectivity index (χ1n) is 9.15. The highest BCUT2D eigenvalue weighted by molar-refractivity contribution is 6.19. The molecule has 0 fully saturated rings. The number of hydrogen-bond donors (Lipinski definition) is 0. The van der Waals surface area contributed by atoms with Gasteiger partial charge < -0.3 is 4.57 Å². The van der Waals surface area contributed by atoms with Crippen molar-refractivity contribution >= 4 is 38.4 Å². The van der Waals surface area contributed by atoms with E-state index in [-0.39, 0.29) is 5.78 Å². The molecule has 0 saturated heterocycles. The Balaban J connectivity index is 1.74. The average Bonchev–Trinajstić information content (AvgIpc) is 2.98. The summed E-state index contributed by atoms with van der Waals surface area (Å²) < 4.78 is 2.19. The van der Waals surface area contributed by atoms with Gasteiger partial charge in [-0.25, -0.2) is 0 Å². The van der Waals surface area contributed by atoms with Crippen molar-refractivity contribution in [2.45, 2.75) is 6.92 Å².